The summed E-state index contributed by atoms with van der Waals surface area (Å²) in [6.07, 6.45) is 2.32. The molecule has 0 bridgehead atoms. The molecule has 2 aromatic heterocycles. The fourth-order valence-corrected chi connectivity index (χ4v) is 3.74. The van der Waals surface area contributed by atoms with Crippen LogP contribution in [0.15, 0.2) is 54.7 Å². The number of nitrogens with one attached hydrogen (secondary N) is 1. The molecular formula is C25H28Cl2N4O. The van der Waals surface area contributed by atoms with Gasteiger partial charge in [0.05, 0.1) is 5.69 Å². The molecule has 0 saturated carbocycles. The first-order chi connectivity index (χ1) is 15.2. The van der Waals surface area contributed by atoms with Gasteiger partial charge in [0, 0.05) is 26.3 Å². The van der Waals surface area contributed by atoms with Crippen LogP contribution < -0.4 is 5.32 Å². The van der Waals surface area contributed by atoms with Crippen molar-refractivity contribution in [1.82, 2.24) is 14.9 Å². The average molecular weight is 471 g/mol. The zero-order valence-corrected chi connectivity index (χ0v) is 20.3. The van der Waals surface area contributed by atoms with Crippen molar-refractivity contribution in [3.63, 3.8) is 0 Å². The largest absolute Gasteiger partial charge is 0.386 e. The van der Waals surface area contributed by atoms with Crippen molar-refractivity contribution in [2.24, 2.45) is 0 Å². The molecule has 0 aliphatic carbocycles. The van der Waals surface area contributed by atoms with Crippen LogP contribution >= 0.6 is 23.2 Å². The monoisotopic (exact) mass is 470 g/mol. The van der Waals surface area contributed by atoms with Crippen LogP contribution in [0.2, 0.25) is 10.3 Å². The molecule has 168 valence electrons. The van der Waals surface area contributed by atoms with Gasteiger partial charge in [-0.05, 0) is 52.8 Å². The minimum absolute atomic E-state index is 0.0705. The number of anilines is 1. The maximum Gasteiger partial charge on any atom is 0.274 e. The summed E-state index contributed by atoms with van der Waals surface area (Å²) in [7, 11) is 1.76. The van der Waals surface area contributed by atoms with E-state index in [1.807, 2.05) is 12.1 Å². The fraction of sp³-hybridized carbons (Fsp3) is 0.320. The zero-order valence-electron chi connectivity index (χ0n) is 18.8. The van der Waals surface area contributed by atoms with Gasteiger partial charge in [-0.2, -0.15) is 0 Å². The first-order valence-electron chi connectivity index (χ1n) is 10.5. The molecular weight excluding hydrogens is 443 g/mol. The number of halogens is 2. The number of benzene rings is 1. The number of carbonyl (C=O) groups is 1. The Morgan fingerprint density at radius 1 is 1.00 bits per heavy atom. The van der Waals surface area contributed by atoms with Crippen molar-refractivity contribution in [3.05, 3.63) is 87.4 Å². The molecule has 0 spiro atoms. The SMILES string of the molecule is CNc1ccc(Cl)nc1C(=O)N(CCc1ccnc(Cl)c1)Cc1ccc(C(C)(C)C)cc1. The molecule has 1 aromatic carbocycles. The molecule has 0 aliphatic rings. The van der Waals surface area contributed by atoms with Gasteiger partial charge in [-0.3, -0.25) is 4.79 Å². The minimum atomic E-state index is -0.183. The highest BCUT2D eigenvalue weighted by Crippen LogP contribution is 2.24. The lowest BCUT2D eigenvalue weighted by atomic mass is 9.87. The normalized spacial score (nSPS) is 11.3. The van der Waals surface area contributed by atoms with Gasteiger partial charge in [0.2, 0.25) is 0 Å². The second-order valence-electron chi connectivity index (χ2n) is 8.69. The molecule has 0 atom stereocenters. The van der Waals surface area contributed by atoms with Gasteiger partial charge >= 0.3 is 0 Å². The second-order valence-corrected chi connectivity index (χ2v) is 9.47. The average Bonchev–Trinajstić information content (AvgIpc) is 2.76. The number of pyridine rings is 2. The molecule has 32 heavy (non-hydrogen) atoms. The van der Waals surface area contributed by atoms with Crippen LogP contribution in [0.4, 0.5) is 5.69 Å². The van der Waals surface area contributed by atoms with Gasteiger partial charge in [-0.1, -0.05) is 68.2 Å². The summed E-state index contributed by atoms with van der Waals surface area (Å²) < 4.78 is 0. The van der Waals surface area contributed by atoms with Crippen LogP contribution in [0.1, 0.15) is 48.0 Å². The van der Waals surface area contributed by atoms with Crippen molar-refractivity contribution in [1.29, 1.82) is 0 Å². The van der Waals surface area contributed by atoms with Gasteiger partial charge < -0.3 is 10.2 Å². The summed E-state index contributed by atoms with van der Waals surface area (Å²) in [5.41, 5.74) is 4.32. The van der Waals surface area contributed by atoms with Crippen LogP contribution in [0, 0.1) is 0 Å². The van der Waals surface area contributed by atoms with Crippen LogP contribution in [0.5, 0.6) is 0 Å². The van der Waals surface area contributed by atoms with Crippen LogP contribution in [-0.2, 0) is 18.4 Å². The van der Waals surface area contributed by atoms with E-state index in [9.17, 15) is 4.79 Å². The molecule has 7 heteroatoms. The highest BCUT2D eigenvalue weighted by atomic mass is 35.5. The third kappa shape index (κ3) is 6.21. The molecule has 3 aromatic rings. The lowest BCUT2D eigenvalue weighted by molar-refractivity contribution is 0.0740. The van der Waals surface area contributed by atoms with Gasteiger partial charge in [-0.15, -0.1) is 0 Å². The van der Waals surface area contributed by atoms with E-state index in [2.05, 4.69) is 60.3 Å². The number of hydrogen-bond donors (Lipinski definition) is 1. The van der Waals surface area contributed by atoms with Gasteiger partial charge in [-0.25, -0.2) is 9.97 Å². The number of aromatic nitrogens is 2. The molecule has 1 amide bonds. The Bertz CT molecular complexity index is 1080. The molecule has 0 aliphatic heterocycles. The lowest BCUT2D eigenvalue weighted by Gasteiger charge is -2.25. The standard InChI is InChI=1S/C25H28Cl2N4O/c1-25(2,3)19-7-5-18(6-8-19)16-31(14-12-17-11-13-29-22(27)15-17)24(32)23-20(28-4)9-10-21(26)30-23/h5-11,13,15,28H,12,14,16H2,1-4H3. The molecule has 0 radical (unpaired) electrons. The van der Waals surface area contributed by atoms with Crippen molar-refractivity contribution in [2.75, 3.05) is 18.9 Å². The summed E-state index contributed by atoms with van der Waals surface area (Å²) in [5, 5.41) is 3.75. The molecule has 0 unspecified atom stereocenters. The summed E-state index contributed by atoms with van der Waals surface area (Å²) in [4.78, 5) is 23.6. The van der Waals surface area contributed by atoms with Crippen molar-refractivity contribution < 1.29 is 4.79 Å². The first-order valence-corrected chi connectivity index (χ1v) is 11.3. The quantitative estimate of drug-likeness (QED) is 0.429. The van der Waals surface area contributed by atoms with Crippen LogP contribution in [0.25, 0.3) is 0 Å². The van der Waals surface area contributed by atoms with E-state index in [0.29, 0.717) is 36.0 Å². The third-order valence-corrected chi connectivity index (χ3v) is 5.69. The van der Waals surface area contributed by atoms with E-state index in [4.69, 9.17) is 23.2 Å². The first kappa shape index (κ1) is 24.0. The predicted molar refractivity (Wildman–Crippen MR) is 132 cm³/mol. The van der Waals surface area contributed by atoms with E-state index < -0.39 is 0 Å². The van der Waals surface area contributed by atoms with Crippen molar-refractivity contribution in [3.8, 4) is 0 Å². The van der Waals surface area contributed by atoms with E-state index >= 15 is 0 Å². The summed E-state index contributed by atoms with van der Waals surface area (Å²) in [5.74, 6) is -0.183. The number of rotatable bonds is 7. The van der Waals surface area contributed by atoms with Crippen LogP contribution in [0.3, 0.4) is 0 Å². The maximum absolute atomic E-state index is 13.5. The Hall–Kier alpha value is -2.63. The van der Waals surface area contributed by atoms with E-state index in [1.54, 1.807) is 30.3 Å². The zero-order chi connectivity index (χ0) is 23.3. The molecule has 0 fully saturated rings. The smallest absolute Gasteiger partial charge is 0.274 e. The molecule has 2 heterocycles. The third-order valence-electron chi connectivity index (χ3n) is 5.28. The number of hydrogen-bond acceptors (Lipinski definition) is 4. The minimum Gasteiger partial charge on any atom is -0.386 e. The van der Waals surface area contributed by atoms with E-state index in [0.717, 1.165) is 11.1 Å². The van der Waals surface area contributed by atoms with E-state index in [1.165, 1.54) is 5.56 Å². The predicted octanol–water partition coefficient (Wildman–Crippen LogP) is 6.01. The van der Waals surface area contributed by atoms with Crippen molar-refractivity contribution in [2.45, 2.75) is 39.2 Å². The Labute approximate surface area is 199 Å². The Kier molecular flexibility index (Phi) is 7.75. The molecule has 0 saturated heterocycles. The van der Waals surface area contributed by atoms with Crippen LogP contribution in [-0.4, -0.2) is 34.4 Å². The number of amides is 1. The highest BCUT2D eigenvalue weighted by molar-refractivity contribution is 6.29. The summed E-state index contributed by atoms with van der Waals surface area (Å²) >= 11 is 12.1. The Morgan fingerprint density at radius 2 is 1.72 bits per heavy atom. The second kappa shape index (κ2) is 10.3. The van der Waals surface area contributed by atoms with Gasteiger partial charge in [0.25, 0.3) is 5.91 Å². The van der Waals surface area contributed by atoms with Gasteiger partial charge in [0.1, 0.15) is 10.3 Å². The molecule has 3 rings (SSSR count). The van der Waals surface area contributed by atoms with Crippen molar-refractivity contribution >= 4 is 34.8 Å². The Morgan fingerprint density at radius 3 is 2.34 bits per heavy atom. The fourth-order valence-electron chi connectivity index (χ4n) is 3.39. The highest BCUT2D eigenvalue weighted by Gasteiger charge is 2.22. The number of nitrogens with zero attached hydrogens (tertiary/aromatic N) is 3. The van der Waals surface area contributed by atoms with Gasteiger partial charge in [0.15, 0.2) is 5.69 Å². The molecule has 5 nitrogen and oxygen atoms in total. The lowest BCUT2D eigenvalue weighted by Crippen LogP contribution is -2.33. The van der Waals surface area contributed by atoms with E-state index in [-0.39, 0.29) is 16.5 Å². The Balaban J connectivity index is 1.88. The summed E-state index contributed by atoms with van der Waals surface area (Å²) in [6.45, 7) is 7.50. The maximum atomic E-state index is 13.5. The summed E-state index contributed by atoms with van der Waals surface area (Å²) in [6, 6.07) is 15.6. The molecule has 1 N–H and O–H groups in total. The number of carbonyl (C=O) groups excluding carboxylic acids is 1. The topological polar surface area (TPSA) is 58.1 Å².